The van der Waals surface area contributed by atoms with E-state index in [1.54, 1.807) is 0 Å². The lowest BCUT2D eigenvalue weighted by Gasteiger charge is -2.28. The molecule has 8 heteroatoms. The molecule has 2 N–H and O–H groups in total. The molecule has 0 unspecified atom stereocenters. The van der Waals surface area contributed by atoms with Gasteiger partial charge in [-0.15, -0.1) is 5.06 Å². The van der Waals surface area contributed by atoms with Crippen LogP contribution in [0.25, 0.3) is 0 Å². The number of aliphatic hydroxyl groups is 2. The van der Waals surface area contributed by atoms with Gasteiger partial charge in [-0.05, 0) is 24.0 Å². The summed E-state index contributed by atoms with van der Waals surface area (Å²) in [5.74, 6) is 0. The second-order valence-electron chi connectivity index (χ2n) is 8.70. The normalized spacial score (nSPS) is 25.5. The van der Waals surface area contributed by atoms with E-state index in [0.717, 1.165) is 11.1 Å². The highest BCUT2D eigenvalue weighted by atomic mass is 16.7. The third-order valence-corrected chi connectivity index (χ3v) is 6.01. The Morgan fingerprint density at radius 2 is 1.30 bits per heavy atom. The zero-order valence-electron chi connectivity index (χ0n) is 18.7. The van der Waals surface area contributed by atoms with Gasteiger partial charge in [0.2, 0.25) is 0 Å². The lowest BCUT2D eigenvalue weighted by molar-refractivity contribution is -0.141. The van der Waals surface area contributed by atoms with Crippen molar-refractivity contribution >= 4 is 6.09 Å². The highest BCUT2D eigenvalue weighted by Crippen LogP contribution is 2.24. The maximum absolute atomic E-state index is 12.9. The summed E-state index contributed by atoms with van der Waals surface area (Å²) in [6.07, 6.45) is -0.832. The van der Waals surface area contributed by atoms with E-state index < -0.39 is 18.3 Å². The minimum Gasteiger partial charge on any atom is -0.392 e. The summed E-state index contributed by atoms with van der Waals surface area (Å²) in [6.45, 7) is 1.98. The van der Waals surface area contributed by atoms with Gasteiger partial charge in [0.25, 0.3) is 0 Å². The third kappa shape index (κ3) is 6.75. The van der Waals surface area contributed by atoms with Gasteiger partial charge in [0, 0.05) is 0 Å². The van der Waals surface area contributed by atoms with Gasteiger partial charge in [0.1, 0.15) is 0 Å². The van der Waals surface area contributed by atoms with Gasteiger partial charge in [0.05, 0.1) is 63.8 Å². The first-order valence-corrected chi connectivity index (χ1v) is 11.4. The third-order valence-electron chi connectivity index (χ3n) is 6.01. The molecular formula is C25H32N2O6. The lowest BCUT2D eigenvalue weighted by Crippen LogP contribution is -2.44. The highest BCUT2D eigenvalue weighted by molar-refractivity contribution is 5.68. The highest BCUT2D eigenvalue weighted by Gasteiger charge is 2.39. The summed E-state index contributed by atoms with van der Waals surface area (Å²) in [5, 5.41) is 21.8. The minimum atomic E-state index is -0.614. The zero-order valence-corrected chi connectivity index (χ0v) is 18.7. The SMILES string of the molecule is O=C(ON1C[C@H](O)C[C@H]1COCc1ccccc1)N1C[C@H](O)C[C@H]1COCc1ccccc1. The Hall–Kier alpha value is -2.49. The molecule has 33 heavy (non-hydrogen) atoms. The van der Waals surface area contributed by atoms with Crippen LogP contribution < -0.4 is 0 Å². The van der Waals surface area contributed by atoms with Crippen LogP contribution in [0.3, 0.4) is 0 Å². The molecule has 0 spiro atoms. The average Bonchev–Trinajstić information content (AvgIpc) is 3.36. The molecule has 0 bridgehead atoms. The van der Waals surface area contributed by atoms with E-state index in [2.05, 4.69) is 0 Å². The number of benzene rings is 2. The van der Waals surface area contributed by atoms with Crippen LogP contribution in [0.15, 0.2) is 60.7 Å². The molecule has 2 aliphatic heterocycles. The van der Waals surface area contributed by atoms with Gasteiger partial charge in [-0.25, -0.2) is 4.79 Å². The summed E-state index contributed by atoms with van der Waals surface area (Å²) in [5.41, 5.74) is 2.11. The lowest BCUT2D eigenvalue weighted by atomic mass is 10.2. The van der Waals surface area contributed by atoms with Gasteiger partial charge < -0.3 is 24.5 Å². The molecule has 0 saturated carbocycles. The Bertz CT molecular complexity index is 868. The molecule has 0 aliphatic carbocycles. The van der Waals surface area contributed by atoms with Crippen molar-refractivity contribution in [1.29, 1.82) is 0 Å². The standard InChI is InChI=1S/C25H32N2O6/c28-23-11-21(17-31-15-19-7-3-1-4-8-19)26(13-23)25(30)33-27-14-24(29)12-22(27)18-32-16-20-9-5-2-6-10-20/h1-10,21-24,28-29H,11-18H2/t21-,22-,23+,24+/m0/s1. The predicted octanol–water partition coefficient (Wildman–Crippen LogP) is 2.34. The number of ether oxygens (including phenoxy) is 2. The Balaban J connectivity index is 1.27. The molecule has 2 aliphatic rings. The number of rotatable bonds is 9. The van der Waals surface area contributed by atoms with Crippen molar-refractivity contribution < 1.29 is 29.3 Å². The van der Waals surface area contributed by atoms with Gasteiger partial charge >= 0.3 is 6.09 Å². The van der Waals surface area contributed by atoms with E-state index in [1.807, 2.05) is 60.7 Å². The van der Waals surface area contributed by atoms with Crippen molar-refractivity contribution in [3.05, 3.63) is 71.8 Å². The summed E-state index contributed by atoms with van der Waals surface area (Å²) in [6, 6.07) is 19.1. The number of β-amino-alcohol motifs (C(OH)–C–C–N with tert-alkyl or cyclic N) is 2. The molecule has 0 radical (unpaired) electrons. The fourth-order valence-corrected chi connectivity index (χ4v) is 4.33. The minimum absolute atomic E-state index is 0.198. The van der Waals surface area contributed by atoms with Crippen LogP contribution >= 0.6 is 0 Å². The molecule has 4 atom stereocenters. The maximum atomic E-state index is 12.9. The van der Waals surface area contributed by atoms with Crippen molar-refractivity contribution in [2.75, 3.05) is 26.3 Å². The number of amides is 1. The Labute approximate surface area is 194 Å². The summed E-state index contributed by atoms with van der Waals surface area (Å²) < 4.78 is 11.6. The summed E-state index contributed by atoms with van der Waals surface area (Å²) >= 11 is 0. The van der Waals surface area contributed by atoms with Gasteiger partial charge in [0.15, 0.2) is 0 Å². The van der Waals surface area contributed by atoms with E-state index in [9.17, 15) is 15.0 Å². The van der Waals surface area contributed by atoms with Gasteiger partial charge in [-0.1, -0.05) is 60.7 Å². The summed E-state index contributed by atoms with van der Waals surface area (Å²) in [4.78, 5) is 20.1. The largest absolute Gasteiger partial charge is 0.429 e. The smallest absolute Gasteiger partial charge is 0.392 e. The maximum Gasteiger partial charge on any atom is 0.429 e. The molecule has 2 aromatic carbocycles. The van der Waals surface area contributed by atoms with Crippen molar-refractivity contribution in [2.45, 2.75) is 50.3 Å². The molecule has 4 rings (SSSR count). The van der Waals surface area contributed by atoms with Gasteiger partial charge in [-0.2, -0.15) is 0 Å². The number of aliphatic hydroxyl groups excluding tert-OH is 2. The van der Waals surface area contributed by atoms with Crippen LogP contribution in [-0.2, 0) is 27.5 Å². The number of hydrogen-bond acceptors (Lipinski definition) is 7. The predicted molar refractivity (Wildman–Crippen MR) is 121 cm³/mol. The van der Waals surface area contributed by atoms with Gasteiger partial charge in [-0.3, -0.25) is 4.90 Å². The van der Waals surface area contributed by atoms with E-state index in [-0.39, 0.29) is 25.2 Å². The Kier molecular flexibility index (Phi) is 8.30. The van der Waals surface area contributed by atoms with Crippen LogP contribution in [0.1, 0.15) is 24.0 Å². The molecule has 2 saturated heterocycles. The first-order chi connectivity index (χ1) is 16.1. The quantitative estimate of drug-likeness (QED) is 0.598. The topological polar surface area (TPSA) is 91.7 Å². The van der Waals surface area contributed by atoms with Crippen LogP contribution in [0, 0.1) is 0 Å². The Morgan fingerprint density at radius 3 is 1.91 bits per heavy atom. The first-order valence-electron chi connectivity index (χ1n) is 11.4. The average molecular weight is 457 g/mol. The van der Waals surface area contributed by atoms with E-state index >= 15 is 0 Å². The molecule has 8 nitrogen and oxygen atoms in total. The fourth-order valence-electron chi connectivity index (χ4n) is 4.33. The zero-order chi connectivity index (χ0) is 23.0. The molecule has 178 valence electrons. The van der Waals surface area contributed by atoms with Crippen LogP contribution in [0.5, 0.6) is 0 Å². The number of hydrogen-bond donors (Lipinski definition) is 2. The summed E-state index contributed by atoms with van der Waals surface area (Å²) in [7, 11) is 0. The number of likely N-dealkylation sites (tertiary alicyclic amines) is 1. The number of nitrogens with zero attached hydrogens (tertiary/aromatic N) is 2. The molecular weight excluding hydrogens is 424 g/mol. The number of carbonyl (C=O) groups is 1. The molecule has 2 fully saturated rings. The number of hydroxylamine groups is 2. The van der Waals surface area contributed by atoms with E-state index in [1.165, 1.54) is 9.96 Å². The second-order valence-corrected chi connectivity index (χ2v) is 8.70. The van der Waals surface area contributed by atoms with Crippen LogP contribution in [0.4, 0.5) is 4.79 Å². The van der Waals surface area contributed by atoms with Crippen molar-refractivity contribution in [2.24, 2.45) is 0 Å². The number of carbonyl (C=O) groups excluding carboxylic acids is 1. The monoisotopic (exact) mass is 456 g/mol. The molecule has 2 heterocycles. The molecule has 1 amide bonds. The van der Waals surface area contributed by atoms with Crippen molar-refractivity contribution in [1.82, 2.24) is 9.96 Å². The van der Waals surface area contributed by atoms with Crippen molar-refractivity contribution in [3.8, 4) is 0 Å². The first kappa shape index (κ1) is 23.7. The second kappa shape index (κ2) is 11.6. The Morgan fingerprint density at radius 1 is 0.788 bits per heavy atom. The fraction of sp³-hybridized carbons (Fsp3) is 0.480. The van der Waals surface area contributed by atoms with Crippen LogP contribution in [0.2, 0.25) is 0 Å². The molecule has 0 aromatic heterocycles. The van der Waals surface area contributed by atoms with Crippen molar-refractivity contribution in [3.63, 3.8) is 0 Å². The molecule has 2 aromatic rings. The van der Waals surface area contributed by atoms with Crippen LogP contribution in [-0.4, -0.2) is 76.9 Å². The van der Waals surface area contributed by atoms with E-state index in [4.69, 9.17) is 14.3 Å². The van der Waals surface area contributed by atoms with E-state index in [0.29, 0.717) is 39.3 Å².